The van der Waals surface area contributed by atoms with Crippen molar-refractivity contribution in [1.82, 2.24) is 42.5 Å². The van der Waals surface area contributed by atoms with Crippen molar-refractivity contribution in [2.75, 3.05) is 0 Å². The van der Waals surface area contributed by atoms with Gasteiger partial charge in [-0.15, -0.1) is 0 Å². The van der Waals surface area contributed by atoms with Crippen LogP contribution < -0.4 is 52.0 Å². The van der Waals surface area contributed by atoms with E-state index in [4.69, 9.17) is 9.47 Å². The van der Waals surface area contributed by atoms with Gasteiger partial charge in [0.1, 0.15) is 23.7 Å². The fourth-order valence-electron chi connectivity index (χ4n) is 13.5. The van der Waals surface area contributed by atoms with Crippen LogP contribution in [0.1, 0.15) is 83.5 Å². The first-order valence-corrected chi connectivity index (χ1v) is 23.5. The molecular formula is C44H63IN8O2. The highest BCUT2D eigenvalue weighted by Crippen LogP contribution is 2.48. The van der Waals surface area contributed by atoms with E-state index in [1.807, 2.05) is 0 Å². The lowest BCUT2D eigenvalue weighted by atomic mass is 9.75. The second kappa shape index (κ2) is 15.6. The molecule has 9 aliphatic rings. The van der Waals surface area contributed by atoms with Gasteiger partial charge in [0.25, 0.3) is 0 Å². The Morgan fingerprint density at radius 3 is 1.11 bits per heavy atom. The van der Waals surface area contributed by atoms with E-state index in [0.29, 0.717) is 72.0 Å². The van der Waals surface area contributed by atoms with Gasteiger partial charge in [-0.25, -0.2) is 0 Å². The lowest BCUT2D eigenvalue weighted by Crippen LogP contribution is -2.62. The number of alkyl halides is 1. The molecule has 4 aliphatic carbocycles. The van der Waals surface area contributed by atoms with Gasteiger partial charge in [-0.1, -0.05) is 97.5 Å². The summed E-state index contributed by atoms with van der Waals surface area (Å²) in [7, 11) is 0. The molecule has 5 heterocycles. The van der Waals surface area contributed by atoms with Crippen LogP contribution in [0.3, 0.4) is 0 Å². The van der Waals surface area contributed by atoms with Crippen molar-refractivity contribution >= 4 is 22.6 Å². The molecule has 4 saturated carbocycles. The van der Waals surface area contributed by atoms with Crippen molar-refractivity contribution in [3.05, 3.63) is 60.7 Å². The zero-order chi connectivity index (χ0) is 36.5. The van der Waals surface area contributed by atoms with Gasteiger partial charge in [0.2, 0.25) is 0 Å². The van der Waals surface area contributed by atoms with Gasteiger partial charge in [-0.05, 0) is 111 Å². The van der Waals surface area contributed by atoms with E-state index in [1.165, 1.54) is 77.0 Å². The fourth-order valence-corrected chi connectivity index (χ4v) is 15.1. The third-order valence-corrected chi connectivity index (χ3v) is 17.5. The smallest absolute Gasteiger partial charge is 0.147 e. The summed E-state index contributed by atoms with van der Waals surface area (Å²) in [5.41, 5.74) is 0. The second-order valence-electron chi connectivity index (χ2n) is 18.8. The zero-order valence-corrected chi connectivity index (χ0v) is 34.3. The first kappa shape index (κ1) is 36.5. The van der Waals surface area contributed by atoms with Gasteiger partial charge in [-0.2, -0.15) is 0 Å². The SMILES string of the molecule is IC1C(Oc2ccccc2)C(Oc2ccccc2)CC2C3NC4NC(NC5NC(NC6NC(NC(N3)C12)C1CCCCC61)C1CCCCC51)C1CCCCC41. The topological polar surface area (TPSA) is 115 Å². The van der Waals surface area contributed by atoms with Crippen LogP contribution in [0.15, 0.2) is 60.7 Å². The third kappa shape index (κ3) is 6.86. The summed E-state index contributed by atoms with van der Waals surface area (Å²) in [4.78, 5) is 0. The van der Waals surface area contributed by atoms with Crippen LogP contribution in [0.4, 0.5) is 0 Å². The first-order chi connectivity index (χ1) is 27.1. The molecule has 0 spiro atoms. The molecule has 0 amide bonds. The normalized spacial score (nSPS) is 48.9. The van der Waals surface area contributed by atoms with Crippen LogP contribution in [-0.4, -0.2) is 65.5 Å². The molecular weight excluding hydrogens is 799 g/mol. The number of fused-ring (bicyclic) bond motifs is 20. The molecule has 19 unspecified atom stereocenters. The van der Waals surface area contributed by atoms with Gasteiger partial charge >= 0.3 is 0 Å². The maximum Gasteiger partial charge on any atom is 0.147 e. The number of rotatable bonds is 4. The molecule has 0 aromatic heterocycles. The van der Waals surface area contributed by atoms with Crippen molar-refractivity contribution in [3.8, 4) is 11.5 Å². The van der Waals surface area contributed by atoms with Crippen LogP contribution in [0.25, 0.3) is 0 Å². The highest BCUT2D eigenvalue weighted by molar-refractivity contribution is 14.1. The lowest BCUT2D eigenvalue weighted by Gasteiger charge is -2.45. The summed E-state index contributed by atoms with van der Waals surface area (Å²) in [6, 6.07) is 20.8. The van der Waals surface area contributed by atoms with E-state index in [-0.39, 0.29) is 40.8 Å². The molecule has 0 radical (unpaired) electrons. The van der Waals surface area contributed by atoms with Gasteiger partial charge < -0.3 is 9.47 Å². The molecule has 10 nitrogen and oxygen atoms in total. The Bertz CT molecular complexity index is 1610. The number of nitrogens with one attached hydrogen (secondary N) is 8. The van der Waals surface area contributed by atoms with Crippen molar-refractivity contribution in [3.63, 3.8) is 0 Å². The molecule has 5 saturated heterocycles. The van der Waals surface area contributed by atoms with Crippen LogP contribution in [0.5, 0.6) is 11.5 Å². The van der Waals surface area contributed by atoms with Gasteiger partial charge in [0.05, 0.1) is 53.3 Å². The minimum Gasteiger partial charge on any atom is -0.487 e. The maximum atomic E-state index is 7.00. The second-order valence-corrected chi connectivity index (χ2v) is 20.2. The maximum absolute atomic E-state index is 7.00. The highest BCUT2D eigenvalue weighted by Gasteiger charge is 2.59. The Morgan fingerprint density at radius 1 is 0.400 bits per heavy atom. The Balaban J connectivity index is 0.949. The number of para-hydroxylation sites is 2. The van der Waals surface area contributed by atoms with Crippen molar-refractivity contribution in [2.45, 2.75) is 149 Å². The number of hydrogen-bond acceptors (Lipinski definition) is 10. The largest absolute Gasteiger partial charge is 0.487 e. The molecule has 19 atom stereocenters. The number of benzene rings is 2. The van der Waals surface area contributed by atoms with Gasteiger partial charge in [0.15, 0.2) is 0 Å². The van der Waals surface area contributed by atoms with Crippen LogP contribution in [-0.2, 0) is 0 Å². The standard InChI is InChI=1S/C44H63IN8O2/c45-35-34-32(23-33(54-24-13-3-1-4-14-24)36(35)55-25-15-5-2-6-16-25)43-51-41-29-20-10-9-19-28(29)39(49-41)47-37-26-17-7-8-18-27(26)38(46-37)48-40-30-21-11-12-22-31(30)42(50-40)52-44(34)53-43/h1-6,13-16,26-44,46-53H,7-12,17-23H2. The number of hydrogen-bond donors (Lipinski definition) is 8. The first-order valence-electron chi connectivity index (χ1n) is 22.3. The van der Waals surface area contributed by atoms with Gasteiger partial charge in [-0.3, -0.25) is 42.5 Å². The molecule has 9 fully saturated rings. The molecule has 298 valence electrons. The Hall–Kier alpha value is -1.55. The van der Waals surface area contributed by atoms with Crippen LogP contribution >= 0.6 is 22.6 Å². The van der Waals surface area contributed by atoms with E-state index in [1.54, 1.807) is 0 Å². The lowest BCUT2D eigenvalue weighted by molar-refractivity contribution is -0.0127. The minimum atomic E-state index is -0.0947. The predicted octanol–water partition coefficient (Wildman–Crippen LogP) is 5.13. The summed E-state index contributed by atoms with van der Waals surface area (Å²) in [5, 5.41) is 34.2. The third-order valence-electron chi connectivity index (χ3n) is 16.0. The van der Waals surface area contributed by atoms with Crippen molar-refractivity contribution < 1.29 is 9.47 Å². The molecule has 8 N–H and O–H groups in total. The zero-order valence-electron chi connectivity index (χ0n) is 32.1. The summed E-state index contributed by atoms with van der Waals surface area (Å²) in [5.74, 6) is 6.46. The Labute approximate surface area is 341 Å². The van der Waals surface area contributed by atoms with E-state index in [0.717, 1.165) is 17.9 Å². The fraction of sp³-hybridized carbons (Fsp3) is 0.727. The summed E-state index contributed by atoms with van der Waals surface area (Å²) in [6.07, 6.45) is 18.8. The quantitative estimate of drug-likeness (QED) is 0.156. The van der Waals surface area contributed by atoms with E-state index in [9.17, 15) is 0 Å². The average Bonchev–Trinajstić information content (AvgIpc) is 3.96. The number of ether oxygens (including phenoxy) is 2. The van der Waals surface area contributed by atoms with Crippen LogP contribution in [0, 0.1) is 47.3 Å². The van der Waals surface area contributed by atoms with E-state index in [2.05, 4.69) is 126 Å². The van der Waals surface area contributed by atoms with Crippen molar-refractivity contribution in [1.29, 1.82) is 0 Å². The molecule has 2 aromatic carbocycles. The number of halogens is 1. The van der Waals surface area contributed by atoms with E-state index >= 15 is 0 Å². The molecule has 11 rings (SSSR count). The average molecular weight is 863 g/mol. The van der Waals surface area contributed by atoms with Crippen molar-refractivity contribution in [2.24, 2.45) is 47.3 Å². The van der Waals surface area contributed by atoms with E-state index < -0.39 is 0 Å². The minimum absolute atomic E-state index is 0.0796. The molecule has 55 heavy (non-hydrogen) atoms. The molecule has 2 aromatic rings. The summed E-state index contributed by atoms with van der Waals surface area (Å²) >= 11 is 2.75. The summed E-state index contributed by atoms with van der Waals surface area (Å²) in [6.45, 7) is 0. The highest BCUT2D eigenvalue weighted by atomic mass is 127. The Kier molecular flexibility index (Phi) is 10.3. The van der Waals surface area contributed by atoms with Crippen LogP contribution in [0.2, 0.25) is 0 Å². The summed E-state index contributed by atoms with van der Waals surface area (Å²) < 4.78 is 14.2. The molecule has 8 bridgehead atoms. The predicted molar refractivity (Wildman–Crippen MR) is 223 cm³/mol. The molecule has 5 aliphatic heterocycles. The molecule has 11 heteroatoms. The Morgan fingerprint density at radius 2 is 0.727 bits per heavy atom. The van der Waals surface area contributed by atoms with Gasteiger partial charge in [0, 0.05) is 5.92 Å². The monoisotopic (exact) mass is 862 g/mol.